The summed E-state index contributed by atoms with van der Waals surface area (Å²) in [5, 5.41) is 17.9. The van der Waals surface area contributed by atoms with Crippen LogP contribution in [0.15, 0.2) is 0 Å². The van der Waals surface area contributed by atoms with Crippen LogP contribution >= 0.6 is 0 Å². The third-order valence-corrected chi connectivity index (χ3v) is 2.93. The van der Waals surface area contributed by atoms with Crippen molar-refractivity contribution in [2.75, 3.05) is 0 Å². The summed E-state index contributed by atoms with van der Waals surface area (Å²) in [5.41, 5.74) is 0. The van der Waals surface area contributed by atoms with Crippen LogP contribution in [-0.2, 0) is 10.7 Å². The lowest BCUT2D eigenvalue weighted by molar-refractivity contribution is -0.145. The van der Waals surface area contributed by atoms with Crippen molar-refractivity contribution in [3.8, 4) is 0 Å². The Morgan fingerprint density at radius 1 is 1.47 bits per heavy atom. The molecule has 106 valence electrons. The number of carbonyl (C=O) groups is 1. The van der Waals surface area contributed by atoms with E-state index in [9.17, 15) is 22.4 Å². The average Bonchev–Trinajstić information content (AvgIpc) is 3.01. The molecule has 1 unspecified atom stereocenters. The molecule has 1 aromatic rings. The first-order valence-corrected chi connectivity index (χ1v) is 5.50. The summed E-state index contributed by atoms with van der Waals surface area (Å²) in [6.07, 6.45) is -3.17. The molecule has 1 atom stereocenters. The summed E-state index contributed by atoms with van der Waals surface area (Å²) in [6, 6.07) is -0.924. The Kier molecular flexibility index (Phi) is 3.42. The maximum atomic E-state index is 13.3. The molecule has 1 heterocycles. The van der Waals surface area contributed by atoms with Crippen LogP contribution in [-0.4, -0.2) is 37.7 Å². The number of aliphatic carboxylic acids is 1. The molecule has 0 aromatic carbocycles. The molecular formula is C9H10F4N4O2. The Hall–Kier alpha value is -1.74. The lowest BCUT2D eigenvalue weighted by Gasteiger charge is -2.19. The summed E-state index contributed by atoms with van der Waals surface area (Å²) in [7, 11) is 0. The van der Waals surface area contributed by atoms with E-state index in [2.05, 4.69) is 15.5 Å². The second kappa shape index (κ2) is 4.74. The highest BCUT2D eigenvalue weighted by atomic mass is 19.3. The largest absolute Gasteiger partial charge is 0.481 e. The number of halogens is 4. The minimum atomic E-state index is -4.50. The molecular weight excluding hydrogens is 272 g/mol. The van der Waals surface area contributed by atoms with Crippen molar-refractivity contribution in [3.05, 3.63) is 5.82 Å². The number of tetrazole rings is 1. The summed E-state index contributed by atoms with van der Waals surface area (Å²) in [4.78, 5) is 10.7. The van der Waals surface area contributed by atoms with E-state index in [1.54, 1.807) is 0 Å². The molecule has 0 saturated heterocycles. The molecule has 0 aliphatic heterocycles. The Bertz CT molecular complexity index is 475. The molecule has 1 fully saturated rings. The fourth-order valence-corrected chi connectivity index (χ4v) is 1.85. The predicted molar refractivity (Wildman–Crippen MR) is 51.7 cm³/mol. The molecule has 1 saturated carbocycles. The van der Waals surface area contributed by atoms with Gasteiger partial charge >= 0.3 is 18.3 Å². The number of rotatable bonds is 6. The lowest BCUT2D eigenvalue weighted by atomic mass is 10.1. The number of nitrogens with zero attached hydrogens (tertiary/aromatic N) is 4. The molecule has 1 aliphatic carbocycles. The van der Waals surface area contributed by atoms with Crippen molar-refractivity contribution in [2.24, 2.45) is 5.92 Å². The van der Waals surface area contributed by atoms with Crippen LogP contribution in [0.2, 0.25) is 0 Å². The van der Waals surface area contributed by atoms with Gasteiger partial charge in [0.15, 0.2) is 0 Å². The highest BCUT2D eigenvalue weighted by Gasteiger charge is 2.50. The van der Waals surface area contributed by atoms with Gasteiger partial charge in [-0.25, -0.2) is 13.5 Å². The fourth-order valence-electron chi connectivity index (χ4n) is 1.85. The van der Waals surface area contributed by atoms with Gasteiger partial charge < -0.3 is 5.11 Å². The SMILES string of the molecule is O=C(O)CC(C1CC1)n1nnnc1C(F)(F)C(F)F. The Labute approximate surface area is 104 Å². The van der Waals surface area contributed by atoms with Crippen molar-refractivity contribution in [1.29, 1.82) is 0 Å². The van der Waals surface area contributed by atoms with E-state index >= 15 is 0 Å². The number of carboxylic acid groups (broad SMARTS) is 1. The van der Waals surface area contributed by atoms with E-state index in [4.69, 9.17) is 5.11 Å². The molecule has 6 nitrogen and oxygen atoms in total. The fraction of sp³-hybridized carbons (Fsp3) is 0.778. The molecule has 0 amide bonds. The molecule has 1 aromatic heterocycles. The lowest BCUT2D eigenvalue weighted by Crippen LogP contribution is -2.31. The van der Waals surface area contributed by atoms with E-state index in [0.717, 1.165) is 0 Å². The van der Waals surface area contributed by atoms with Crippen LogP contribution in [0.1, 0.15) is 31.1 Å². The van der Waals surface area contributed by atoms with Gasteiger partial charge in [0, 0.05) is 0 Å². The minimum Gasteiger partial charge on any atom is -0.481 e. The third kappa shape index (κ3) is 2.66. The van der Waals surface area contributed by atoms with Gasteiger partial charge in [-0.15, -0.1) is 5.10 Å². The molecule has 1 aliphatic rings. The standard InChI is InChI=1S/C9H10F4N4O2/c10-7(11)9(12,13)8-14-15-16-17(8)5(3-6(18)19)4-1-2-4/h4-5,7H,1-3H2,(H,18,19). The van der Waals surface area contributed by atoms with Gasteiger partial charge in [-0.05, 0) is 29.2 Å². The predicted octanol–water partition coefficient (Wildman–Crippen LogP) is 1.46. The van der Waals surface area contributed by atoms with Gasteiger partial charge in [-0.1, -0.05) is 0 Å². The highest BCUT2D eigenvalue weighted by Crippen LogP contribution is 2.43. The maximum absolute atomic E-state index is 13.3. The van der Waals surface area contributed by atoms with Crippen LogP contribution in [0.25, 0.3) is 0 Å². The van der Waals surface area contributed by atoms with E-state index in [-0.39, 0.29) is 5.92 Å². The third-order valence-electron chi connectivity index (χ3n) is 2.93. The van der Waals surface area contributed by atoms with Crippen molar-refractivity contribution >= 4 is 5.97 Å². The zero-order valence-corrected chi connectivity index (χ0v) is 9.51. The van der Waals surface area contributed by atoms with E-state index in [1.165, 1.54) is 0 Å². The van der Waals surface area contributed by atoms with Crippen LogP contribution < -0.4 is 0 Å². The summed E-state index contributed by atoms with van der Waals surface area (Å²) < 4.78 is 51.8. The maximum Gasteiger partial charge on any atom is 0.367 e. The van der Waals surface area contributed by atoms with Crippen molar-refractivity contribution in [2.45, 2.75) is 37.7 Å². The zero-order chi connectivity index (χ0) is 14.2. The van der Waals surface area contributed by atoms with Crippen molar-refractivity contribution in [1.82, 2.24) is 20.2 Å². The first-order chi connectivity index (χ1) is 8.84. The zero-order valence-electron chi connectivity index (χ0n) is 9.51. The van der Waals surface area contributed by atoms with Crippen LogP contribution in [0.5, 0.6) is 0 Å². The number of hydrogen-bond acceptors (Lipinski definition) is 4. The minimum absolute atomic E-state index is 0.174. The van der Waals surface area contributed by atoms with E-state index in [1.807, 2.05) is 0 Å². The van der Waals surface area contributed by atoms with Crippen LogP contribution in [0.3, 0.4) is 0 Å². The topological polar surface area (TPSA) is 80.9 Å². The van der Waals surface area contributed by atoms with E-state index < -0.39 is 36.6 Å². The molecule has 1 N–H and O–H groups in total. The molecule has 0 bridgehead atoms. The highest BCUT2D eigenvalue weighted by molar-refractivity contribution is 5.67. The molecule has 2 rings (SSSR count). The van der Waals surface area contributed by atoms with Gasteiger partial charge in [0.05, 0.1) is 12.5 Å². The number of carboxylic acids is 1. The van der Waals surface area contributed by atoms with Gasteiger partial charge in [0.1, 0.15) is 0 Å². The van der Waals surface area contributed by atoms with Crippen molar-refractivity contribution in [3.63, 3.8) is 0 Å². The molecule has 10 heteroatoms. The Morgan fingerprint density at radius 2 is 2.11 bits per heavy atom. The summed E-state index contributed by atoms with van der Waals surface area (Å²) in [6.45, 7) is 0. The van der Waals surface area contributed by atoms with Crippen LogP contribution in [0, 0.1) is 5.92 Å². The van der Waals surface area contributed by atoms with Gasteiger partial charge in [-0.2, -0.15) is 8.78 Å². The van der Waals surface area contributed by atoms with Gasteiger partial charge in [-0.3, -0.25) is 4.79 Å². The van der Waals surface area contributed by atoms with Crippen molar-refractivity contribution < 1.29 is 27.5 Å². The Morgan fingerprint density at radius 3 is 2.58 bits per heavy atom. The van der Waals surface area contributed by atoms with E-state index in [0.29, 0.717) is 17.5 Å². The normalized spacial score (nSPS) is 17.7. The quantitative estimate of drug-likeness (QED) is 0.799. The molecule has 0 spiro atoms. The second-order valence-electron chi connectivity index (χ2n) is 4.37. The number of aromatic nitrogens is 4. The monoisotopic (exact) mass is 282 g/mol. The smallest absolute Gasteiger partial charge is 0.367 e. The number of alkyl halides is 4. The summed E-state index contributed by atoms with van der Waals surface area (Å²) >= 11 is 0. The van der Waals surface area contributed by atoms with Gasteiger partial charge in [0.25, 0.3) is 0 Å². The molecule has 19 heavy (non-hydrogen) atoms. The Balaban J connectivity index is 2.34. The first-order valence-electron chi connectivity index (χ1n) is 5.50. The summed E-state index contributed by atoms with van der Waals surface area (Å²) in [5.74, 6) is -7.19. The van der Waals surface area contributed by atoms with Gasteiger partial charge in [0.2, 0.25) is 5.82 Å². The second-order valence-corrected chi connectivity index (χ2v) is 4.37. The molecule has 0 radical (unpaired) electrons. The first kappa shape index (κ1) is 13.7. The number of hydrogen-bond donors (Lipinski definition) is 1. The van der Waals surface area contributed by atoms with Crippen LogP contribution in [0.4, 0.5) is 17.6 Å². The average molecular weight is 282 g/mol.